The summed E-state index contributed by atoms with van der Waals surface area (Å²) in [7, 11) is -0.996. The Labute approximate surface area is 186 Å². The number of allylic oxidation sites excluding steroid dienone is 1. The number of nitriles is 1. The van der Waals surface area contributed by atoms with E-state index in [-0.39, 0.29) is 22.9 Å². The maximum atomic E-state index is 12.1. The normalized spacial score (nSPS) is 20.6. The first-order valence-corrected chi connectivity index (χ1v) is 10.5. The van der Waals surface area contributed by atoms with Gasteiger partial charge < -0.3 is 25.5 Å². The molecule has 166 valence electrons. The molecule has 2 atom stereocenters. The summed E-state index contributed by atoms with van der Waals surface area (Å²) in [5, 5.41) is 27.5. The molecule has 1 aromatic heterocycles. The van der Waals surface area contributed by atoms with Crippen LogP contribution in [0.4, 0.5) is 11.5 Å². The molecule has 0 spiro atoms. The van der Waals surface area contributed by atoms with Crippen LogP contribution in [0.1, 0.15) is 49.2 Å². The summed E-state index contributed by atoms with van der Waals surface area (Å²) >= 11 is 0. The second-order valence-electron chi connectivity index (χ2n) is 9.10. The average Bonchev–Trinajstić information content (AvgIpc) is 3.16. The van der Waals surface area contributed by atoms with Crippen molar-refractivity contribution < 1.29 is 19.2 Å². The number of hydrogen-bond acceptors (Lipinski definition) is 7. The fraction of sp³-hybridized carbons (Fsp3) is 0.409. The molecule has 2 aliphatic heterocycles. The monoisotopic (exact) mass is 435 g/mol. The zero-order chi connectivity index (χ0) is 23.0. The Morgan fingerprint density at radius 2 is 2.22 bits per heavy atom. The van der Waals surface area contributed by atoms with E-state index in [4.69, 9.17) is 15.1 Å². The molecule has 3 heterocycles. The Morgan fingerprint density at radius 1 is 1.44 bits per heavy atom. The van der Waals surface area contributed by atoms with Gasteiger partial charge in [-0.2, -0.15) is 10.4 Å². The lowest BCUT2D eigenvalue weighted by Gasteiger charge is -2.29. The molecule has 0 saturated carbocycles. The van der Waals surface area contributed by atoms with Crippen molar-refractivity contribution in [3.63, 3.8) is 0 Å². The van der Waals surface area contributed by atoms with Gasteiger partial charge in [-0.15, -0.1) is 0 Å². The summed E-state index contributed by atoms with van der Waals surface area (Å²) in [5.74, 6) is -0.0155. The van der Waals surface area contributed by atoms with Crippen molar-refractivity contribution in [2.24, 2.45) is 17.1 Å². The van der Waals surface area contributed by atoms with Crippen LogP contribution < -0.4 is 15.7 Å². The van der Waals surface area contributed by atoms with Crippen LogP contribution in [-0.4, -0.2) is 41.0 Å². The molecule has 32 heavy (non-hydrogen) atoms. The van der Waals surface area contributed by atoms with Gasteiger partial charge in [-0.25, -0.2) is 0 Å². The predicted octanol–water partition coefficient (Wildman–Crippen LogP) is 2.67. The SMILES string of the molecule is CC(C)(C)C1=Cc2cc(Nc3nn(C4COCCC4C#N)cc3C(N)=O)ccc2OB1O. The second kappa shape index (κ2) is 8.33. The molecule has 1 saturated heterocycles. The Bertz CT molecular complexity index is 1110. The summed E-state index contributed by atoms with van der Waals surface area (Å²) < 4.78 is 12.8. The van der Waals surface area contributed by atoms with Gasteiger partial charge in [0.15, 0.2) is 5.82 Å². The minimum atomic E-state index is -0.996. The molecule has 4 N–H and O–H groups in total. The number of amides is 1. The Kier molecular flexibility index (Phi) is 5.71. The Hall–Kier alpha value is -3.29. The summed E-state index contributed by atoms with van der Waals surface area (Å²) in [6, 6.07) is 7.38. The zero-order valence-electron chi connectivity index (χ0n) is 18.3. The van der Waals surface area contributed by atoms with Crippen LogP contribution in [0, 0.1) is 22.7 Å². The van der Waals surface area contributed by atoms with E-state index in [0.29, 0.717) is 36.9 Å². The minimum Gasteiger partial charge on any atom is -0.532 e. The molecule has 1 amide bonds. The van der Waals surface area contributed by atoms with Crippen LogP contribution in [-0.2, 0) is 4.74 Å². The molecule has 10 heteroatoms. The van der Waals surface area contributed by atoms with Crippen LogP contribution in [0.25, 0.3) is 6.08 Å². The molecule has 9 nitrogen and oxygen atoms in total. The van der Waals surface area contributed by atoms with E-state index in [1.165, 1.54) is 0 Å². The van der Waals surface area contributed by atoms with Gasteiger partial charge in [0.2, 0.25) is 0 Å². The number of fused-ring (bicyclic) bond motifs is 1. The Morgan fingerprint density at radius 3 is 2.91 bits per heavy atom. The first kappa shape index (κ1) is 21.9. The lowest BCUT2D eigenvalue weighted by molar-refractivity contribution is 0.0342. The van der Waals surface area contributed by atoms with Crippen molar-refractivity contribution in [2.45, 2.75) is 33.2 Å². The standard InChI is InChI=1S/C22H26BN5O4/c1-22(2,3)19-9-14-8-15(4-5-18(14)32-23(19)30)26-21-16(20(25)29)11-28(27-21)17-12-31-7-6-13(17)10-24/h4-5,8-9,11,13,17,30H,6-7,12H2,1-3H3,(H2,25,29)(H,26,27). The predicted molar refractivity (Wildman–Crippen MR) is 120 cm³/mol. The summed E-state index contributed by atoms with van der Waals surface area (Å²) in [4.78, 5) is 12.1. The van der Waals surface area contributed by atoms with Crippen molar-refractivity contribution in [3.8, 4) is 11.8 Å². The number of nitrogens with two attached hydrogens (primary N) is 1. The van der Waals surface area contributed by atoms with Crippen LogP contribution in [0.5, 0.6) is 5.75 Å². The molecule has 2 aliphatic rings. The van der Waals surface area contributed by atoms with E-state index in [1.54, 1.807) is 23.0 Å². The number of nitrogens with zero attached hydrogens (tertiary/aromatic N) is 3. The summed E-state index contributed by atoms with van der Waals surface area (Å²) in [6.45, 7) is 6.89. The highest BCUT2D eigenvalue weighted by Gasteiger charge is 2.35. The molecule has 2 aromatic rings. The highest BCUT2D eigenvalue weighted by molar-refractivity contribution is 6.55. The van der Waals surface area contributed by atoms with Crippen molar-refractivity contribution >= 4 is 30.6 Å². The summed E-state index contributed by atoms with van der Waals surface area (Å²) in [6.07, 6.45) is 4.08. The largest absolute Gasteiger partial charge is 0.556 e. The van der Waals surface area contributed by atoms with Gasteiger partial charge in [-0.3, -0.25) is 9.48 Å². The molecular formula is C22H26BN5O4. The van der Waals surface area contributed by atoms with E-state index in [0.717, 1.165) is 11.0 Å². The maximum Gasteiger partial charge on any atom is 0.556 e. The number of rotatable bonds is 4. The fourth-order valence-electron chi connectivity index (χ4n) is 3.96. The first-order valence-electron chi connectivity index (χ1n) is 10.5. The number of aromatic nitrogens is 2. The number of ether oxygens (including phenoxy) is 1. The molecule has 1 aromatic carbocycles. The third-order valence-electron chi connectivity index (χ3n) is 5.78. The van der Waals surface area contributed by atoms with Gasteiger partial charge in [-0.05, 0) is 35.5 Å². The van der Waals surface area contributed by atoms with Gasteiger partial charge >= 0.3 is 7.12 Å². The van der Waals surface area contributed by atoms with E-state index in [2.05, 4.69) is 16.5 Å². The quantitative estimate of drug-likeness (QED) is 0.629. The fourth-order valence-corrected chi connectivity index (χ4v) is 3.96. The molecule has 0 radical (unpaired) electrons. The lowest BCUT2D eigenvalue weighted by Crippen LogP contribution is -2.34. The smallest absolute Gasteiger partial charge is 0.532 e. The van der Waals surface area contributed by atoms with Crippen LogP contribution >= 0.6 is 0 Å². The molecule has 0 aliphatic carbocycles. The number of hydrogen-bond donors (Lipinski definition) is 3. The third-order valence-corrected chi connectivity index (χ3v) is 5.78. The number of carbonyl (C=O) groups is 1. The number of benzene rings is 1. The topological polar surface area (TPSA) is 135 Å². The van der Waals surface area contributed by atoms with Crippen LogP contribution in [0.15, 0.2) is 29.9 Å². The average molecular weight is 435 g/mol. The highest BCUT2D eigenvalue weighted by Crippen LogP contribution is 2.37. The minimum absolute atomic E-state index is 0.225. The molecule has 2 unspecified atom stereocenters. The molecular weight excluding hydrogens is 409 g/mol. The van der Waals surface area contributed by atoms with Crippen LogP contribution in [0.3, 0.4) is 0 Å². The molecule has 1 fully saturated rings. The number of primary amides is 1. The van der Waals surface area contributed by atoms with Gasteiger partial charge in [0.1, 0.15) is 11.3 Å². The van der Waals surface area contributed by atoms with E-state index < -0.39 is 13.0 Å². The van der Waals surface area contributed by atoms with Gasteiger partial charge in [0.05, 0.1) is 24.6 Å². The summed E-state index contributed by atoms with van der Waals surface area (Å²) in [5.41, 5.74) is 7.79. The Balaban J connectivity index is 1.66. The number of carbonyl (C=O) groups excluding carboxylic acids is 1. The van der Waals surface area contributed by atoms with E-state index >= 15 is 0 Å². The van der Waals surface area contributed by atoms with E-state index in [9.17, 15) is 15.1 Å². The van der Waals surface area contributed by atoms with Crippen molar-refractivity contribution in [3.05, 3.63) is 41.0 Å². The molecule has 4 rings (SSSR count). The zero-order valence-corrected chi connectivity index (χ0v) is 18.3. The van der Waals surface area contributed by atoms with Gasteiger partial charge in [0, 0.05) is 24.1 Å². The van der Waals surface area contributed by atoms with Crippen LogP contribution in [0.2, 0.25) is 0 Å². The molecule has 0 bridgehead atoms. The highest BCUT2D eigenvalue weighted by atomic mass is 16.5. The second-order valence-corrected chi connectivity index (χ2v) is 9.10. The van der Waals surface area contributed by atoms with Gasteiger partial charge in [-0.1, -0.05) is 26.8 Å². The number of anilines is 2. The van der Waals surface area contributed by atoms with Gasteiger partial charge in [0.25, 0.3) is 5.91 Å². The van der Waals surface area contributed by atoms with Crippen molar-refractivity contribution in [1.82, 2.24) is 9.78 Å². The van der Waals surface area contributed by atoms with E-state index in [1.807, 2.05) is 32.9 Å². The van der Waals surface area contributed by atoms with Crippen molar-refractivity contribution in [1.29, 1.82) is 5.26 Å². The number of nitrogens with one attached hydrogen (secondary N) is 1. The first-order chi connectivity index (χ1) is 15.2. The maximum absolute atomic E-state index is 12.1. The van der Waals surface area contributed by atoms with Crippen molar-refractivity contribution in [2.75, 3.05) is 18.5 Å². The third kappa shape index (κ3) is 4.22. The lowest BCUT2D eigenvalue weighted by atomic mass is 9.63.